The Morgan fingerprint density at radius 2 is 2.00 bits per heavy atom. The lowest BCUT2D eigenvalue weighted by atomic mass is 9.92. The summed E-state index contributed by atoms with van der Waals surface area (Å²) < 4.78 is 5.21. The molecule has 0 saturated heterocycles. The lowest BCUT2D eigenvalue weighted by molar-refractivity contribution is 0.387. The second kappa shape index (κ2) is 4.96. The van der Waals surface area contributed by atoms with Crippen molar-refractivity contribution >= 4 is 5.90 Å². The number of ether oxygens (including phenoxy) is 1. The Bertz CT molecular complexity index is 332. The van der Waals surface area contributed by atoms with E-state index in [0.29, 0.717) is 5.92 Å². The Balaban J connectivity index is 2.03. The Hall–Kier alpha value is -1.31. The Labute approximate surface area is 91.0 Å². The van der Waals surface area contributed by atoms with Gasteiger partial charge in [-0.15, -0.1) is 0 Å². The highest BCUT2D eigenvalue weighted by Gasteiger charge is 2.15. The molecule has 2 rings (SSSR count). The third-order valence-corrected chi connectivity index (χ3v) is 2.98. The molecule has 80 valence electrons. The van der Waals surface area contributed by atoms with Gasteiger partial charge in [-0.3, -0.25) is 4.99 Å². The summed E-state index contributed by atoms with van der Waals surface area (Å²) in [6.45, 7) is 0.892. The number of rotatable bonds is 1. The van der Waals surface area contributed by atoms with Crippen LogP contribution >= 0.6 is 0 Å². The first-order chi connectivity index (χ1) is 7.40. The van der Waals surface area contributed by atoms with Crippen LogP contribution in [0.25, 0.3) is 0 Å². The van der Waals surface area contributed by atoms with Crippen molar-refractivity contribution in [3.8, 4) is 0 Å². The smallest absolute Gasteiger partial charge is 0.182 e. The molecule has 2 heteroatoms. The zero-order valence-electron chi connectivity index (χ0n) is 9.15. The van der Waals surface area contributed by atoms with Gasteiger partial charge in [-0.1, -0.05) is 30.3 Å². The molecule has 1 heterocycles. The van der Waals surface area contributed by atoms with Crippen LogP contribution in [0.3, 0.4) is 0 Å². The monoisotopic (exact) mass is 203 g/mol. The van der Waals surface area contributed by atoms with Gasteiger partial charge in [-0.25, -0.2) is 0 Å². The average Bonchev–Trinajstić information content (AvgIpc) is 2.55. The molecule has 0 spiro atoms. The van der Waals surface area contributed by atoms with Gasteiger partial charge in [0.25, 0.3) is 0 Å². The predicted molar refractivity (Wildman–Crippen MR) is 62.3 cm³/mol. The topological polar surface area (TPSA) is 21.6 Å². The van der Waals surface area contributed by atoms with Gasteiger partial charge in [-0.2, -0.15) is 0 Å². The average molecular weight is 203 g/mol. The number of aliphatic imine (C=N–C) groups is 1. The second-order valence-electron chi connectivity index (χ2n) is 3.91. The Morgan fingerprint density at radius 1 is 1.20 bits per heavy atom. The molecule has 1 aromatic carbocycles. The first-order valence-corrected chi connectivity index (χ1v) is 5.52. The van der Waals surface area contributed by atoms with Crippen LogP contribution < -0.4 is 0 Å². The summed E-state index contributed by atoms with van der Waals surface area (Å²) in [7, 11) is 1.71. The summed E-state index contributed by atoms with van der Waals surface area (Å²) in [6.07, 6.45) is 3.25. The van der Waals surface area contributed by atoms with E-state index in [-0.39, 0.29) is 0 Å². The molecule has 1 aliphatic heterocycles. The molecule has 0 N–H and O–H groups in total. The summed E-state index contributed by atoms with van der Waals surface area (Å²) >= 11 is 0. The molecule has 0 saturated carbocycles. The Morgan fingerprint density at radius 3 is 2.73 bits per heavy atom. The minimum Gasteiger partial charge on any atom is -0.484 e. The van der Waals surface area contributed by atoms with E-state index in [1.165, 1.54) is 5.56 Å². The molecule has 2 nitrogen and oxygen atoms in total. The van der Waals surface area contributed by atoms with Crippen LogP contribution in [-0.4, -0.2) is 19.6 Å². The van der Waals surface area contributed by atoms with Crippen molar-refractivity contribution in [3.63, 3.8) is 0 Å². The lowest BCUT2D eigenvalue weighted by Gasteiger charge is -2.13. The summed E-state index contributed by atoms with van der Waals surface area (Å²) in [6, 6.07) is 10.7. The van der Waals surface area contributed by atoms with Gasteiger partial charge >= 0.3 is 0 Å². The maximum absolute atomic E-state index is 5.21. The number of hydrogen-bond acceptors (Lipinski definition) is 2. The summed E-state index contributed by atoms with van der Waals surface area (Å²) in [5.41, 5.74) is 1.44. The summed E-state index contributed by atoms with van der Waals surface area (Å²) in [4.78, 5) is 4.41. The third kappa shape index (κ3) is 2.58. The number of benzene rings is 1. The quantitative estimate of drug-likeness (QED) is 0.687. The van der Waals surface area contributed by atoms with Crippen LogP contribution in [0.2, 0.25) is 0 Å². The maximum Gasteiger partial charge on any atom is 0.182 e. The molecule has 15 heavy (non-hydrogen) atoms. The zero-order valence-corrected chi connectivity index (χ0v) is 9.15. The van der Waals surface area contributed by atoms with Gasteiger partial charge < -0.3 is 4.74 Å². The lowest BCUT2D eigenvalue weighted by Crippen LogP contribution is -2.02. The largest absolute Gasteiger partial charge is 0.484 e. The van der Waals surface area contributed by atoms with E-state index in [1.54, 1.807) is 7.11 Å². The highest BCUT2D eigenvalue weighted by molar-refractivity contribution is 5.76. The van der Waals surface area contributed by atoms with Crippen molar-refractivity contribution in [2.45, 2.75) is 25.2 Å². The van der Waals surface area contributed by atoms with Gasteiger partial charge in [0.1, 0.15) is 0 Å². The van der Waals surface area contributed by atoms with Crippen molar-refractivity contribution in [3.05, 3.63) is 35.9 Å². The van der Waals surface area contributed by atoms with Gasteiger partial charge in [0.2, 0.25) is 0 Å². The van der Waals surface area contributed by atoms with Gasteiger partial charge in [0, 0.05) is 13.0 Å². The highest BCUT2D eigenvalue weighted by Crippen LogP contribution is 2.27. The van der Waals surface area contributed by atoms with Crippen LogP contribution in [0, 0.1) is 0 Å². The van der Waals surface area contributed by atoms with Crippen LogP contribution in [-0.2, 0) is 4.74 Å². The van der Waals surface area contributed by atoms with Crippen LogP contribution in [0.15, 0.2) is 35.3 Å². The molecular formula is C13H17NO. The minimum atomic E-state index is 0.641. The SMILES string of the molecule is COC1=NCCC(c2ccccc2)CC1. The standard InChI is InChI=1S/C13H17NO/c1-15-13-8-7-12(9-10-14-13)11-5-3-2-4-6-11/h2-6,12H,7-10H2,1H3. The molecule has 1 unspecified atom stereocenters. The van der Waals surface area contributed by atoms with Crippen LogP contribution in [0.4, 0.5) is 0 Å². The minimum absolute atomic E-state index is 0.641. The molecule has 0 bridgehead atoms. The van der Waals surface area contributed by atoms with E-state index in [9.17, 15) is 0 Å². The fourth-order valence-corrected chi connectivity index (χ4v) is 2.09. The van der Waals surface area contributed by atoms with Crippen molar-refractivity contribution in [1.82, 2.24) is 0 Å². The molecule has 1 aromatic rings. The highest BCUT2D eigenvalue weighted by atomic mass is 16.5. The fourth-order valence-electron chi connectivity index (χ4n) is 2.09. The normalized spacial score (nSPS) is 21.7. The molecule has 0 aliphatic carbocycles. The molecule has 0 fully saturated rings. The number of methoxy groups -OCH3 is 1. The van der Waals surface area contributed by atoms with E-state index >= 15 is 0 Å². The van der Waals surface area contributed by atoms with Crippen LogP contribution in [0.5, 0.6) is 0 Å². The number of nitrogens with zero attached hydrogens (tertiary/aromatic N) is 1. The van der Waals surface area contributed by atoms with Crippen molar-refractivity contribution in [2.75, 3.05) is 13.7 Å². The summed E-state index contributed by atoms with van der Waals surface area (Å²) in [5, 5.41) is 0. The number of hydrogen-bond donors (Lipinski definition) is 0. The van der Waals surface area contributed by atoms with E-state index < -0.39 is 0 Å². The molecule has 1 aliphatic rings. The van der Waals surface area contributed by atoms with Crippen molar-refractivity contribution in [1.29, 1.82) is 0 Å². The summed E-state index contributed by atoms with van der Waals surface area (Å²) in [5.74, 6) is 1.55. The molecule has 1 atom stereocenters. The molecule has 0 radical (unpaired) electrons. The second-order valence-corrected chi connectivity index (χ2v) is 3.91. The third-order valence-electron chi connectivity index (χ3n) is 2.98. The van der Waals surface area contributed by atoms with E-state index in [4.69, 9.17) is 4.74 Å². The fraction of sp³-hybridized carbons (Fsp3) is 0.462. The first-order valence-electron chi connectivity index (χ1n) is 5.52. The van der Waals surface area contributed by atoms with Crippen LogP contribution in [0.1, 0.15) is 30.7 Å². The first kappa shape index (κ1) is 10.2. The maximum atomic E-state index is 5.21. The van der Waals surface area contributed by atoms with Gasteiger partial charge in [-0.05, 0) is 24.3 Å². The molecular weight excluding hydrogens is 186 g/mol. The van der Waals surface area contributed by atoms with E-state index in [0.717, 1.165) is 31.7 Å². The predicted octanol–water partition coefficient (Wildman–Crippen LogP) is 3.00. The molecule has 0 aromatic heterocycles. The van der Waals surface area contributed by atoms with Crippen molar-refractivity contribution in [2.24, 2.45) is 4.99 Å². The van der Waals surface area contributed by atoms with Crippen molar-refractivity contribution < 1.29 is 4.74 Å². The van der Waals surface area contributed by atoms with Gasteiger partial charge in [0.05, 0.1) is 7.11 Å². The van der Waals surface area contributed by atoms with Gasteiger partial charge in [0.15, 0.2) is 5.90 Å². The Kier molecular flexibility index (Phi) is 3.38. The van der Waals surface area contributed by atoms with E-state index in [1.807, 2.05) is 0 Å². The molecule has 0 amide bonds. The zero-order chi connectivity index (χ0) is 10.5. The van der Waals surface area contributed by atoms with E-state index in [2.05, 4.69) is 35.3 Å².